The van der Waals surface area contributed by atoms with Crippen molar-refractivity contribution in [2.24, 2.45) is 5.73 Å². The van der Waals surface area contributed by atoms with E-state index in [-0.39, 0.29) is 11.0 Å². The SMILES string of the molecule is CCC1(c2nc(C3(N)CCC3)no2)CC1. The molecule has 0 saturated heterocycles. The Morgan fingerprint density at radius 1 is 1.33 bits per heavy atom. The summed E-state index contributed by atoms with van der Waals surface area (Å²) in [6.07, 6.45) is 6.62. The molecule has 2 saturated carbocycles. The largest absolute Gasteiger partial charge is 0.339 e. The molecule has 2 N–H and O–H groups in total. The third-order valence-corrected chi connectivity index (χ3v) is 4.10. The van der Waals surface area contributed by atoms with Crippen molar-refractivity contribution in [1.29, 1.82) is 0 Å². The summed E-state index contributed by atoms with van der Waals surface area (Å²) in [6.45, 7) is 2.18. The summed E-state index contributed by atoms with van der Waals surface area (Å²) in [7, 11) is 0. The highest BCUT2D eigenvalue weighted by Gasteiger charge is 2.49. The minimum atomic E-state index is -0.286. The van der Waals surface area contributed by atoms with Gasteiger partial charge in [0.05, 0.1) is 5.54 Å². The van der Waals surface area contributed by atoms with Crippen LogP contribution in [0.25, 0.3) is 0 Å². The van der Waals surface area contributed by atoms with Gasteiger partial charge < -0.3 is 10.3 Å². The Hall–Kier alpha value is -0.900. The van der Waals surface area contributed by atoms with E-state index in [9.17, 15) is 0 Å². The first-order valence-electron chi connectivity index (χ1n) is 5.82. The van der Waals surface area contributed by atoms with Gasteiger partial charge in [-0.15, -0.1) is 0 Å². The summed E-state index contributed by atoms with van der Waals surface area (Å²) in [4.78, 5) is 4.51. The lowest BCUT2D eigenvalue weighted by atomic mass is 9.77. The summed E-state index contributed by atoms with van der Waals surface area (Å²) >= 11 is 0. The second-order valence-corrected chi connectivity index (χ2v) is 5.07. The molecule has 15 heavy (non-hydrogen) atoms. The molecule has 2 aliphatic carbocycles. The normalized spacial score (nSPS) is 26.0. The van der Waals surface area contributed by atoms with Gasteiger partial charge in [-0.05, 0) is 38.5 Å². The molecule has 0 radical (unpaired) electrons. The fourth-order valence-electron chi connectivity index (χ4n) is 2.29. The Bertz CT molecular complexity index is 358. The van der Waals surface area contributed by atoms with Crippen molar-refractivity contribution in [1.82, 2.24) is 10.1 Å². The molecule has 82 valence electrons. The lowest BCUT2D eigenvalue weighted by molar-refractivity contribution is 0.228. The highest BCUT2D eigenvalue weighted by atomic mass is 16.5. The third-order valence-electron chi connectivity index (χ3n) is 4.10. The van der Waals surface area contributed by atoms with Crippen LogP contribution < -0.4 is 5.73 Å². The van der Waals surface area contributed by atoms with Crippen LogP contribution in [0.2, 0.25) is 0 Å². The van der Waals surface area contributed by atoms with E-state index in [1.54, 1.807) is 0 Å². The first kappa shape index (κ1) is 9.33. The predicted molar refractivity (Wildman–Crippen MR) is 55.2 cm³/mol. The number of nitrogens with zero attached hydrogens (tertiary/aromatic N) is 2. The molecule has 0 unspecified atom stereocenters. The van der Waals surface area contributed by atoms with Crippen LogP contribution in [-0.2, 0) is 11.0 Å². The van der Waals surface area contributed by atoms with Crippen LogP contribution in [0.5, 0.6) is 0 Å². The molecular formula is C11H17N3O. The Morgan fingerprint density at radius 2 is 2.07 bits per heavy atom. The van der Waals surface area contributed by atoms with Gasteiger partial charge in [-0.3, -0.25) is 0 Å². The first-order chi connectivity index (χ1) is 7.19. The van der Waals surface area contributed by atoms with E-state index in [2.05, 4.69) is 17.1 Å². The second kappa shape index (κ2) is 2.82. The summed E-state index contributed by atoms with van der Waals surface area (Å²) < 4.78 is 5.36. The van der Waals surface area contributed by atoms with Gasteiger partial charge in [0.1, 0.15) is 0 Å². The molecular weight excluding hydrogens is 190 g/mol. The zero-order chi connectivity index (χ0) is 10.5. The van der Waals surface area contributed by atoms with Crippen LogP contribution >= 0.6 is 0 Å². The van der Waals surface area contributed by atoms with Gasteiger partial charge in [-0.2, -0.15) is 4.98 Å². The summed E-state index contributed by atoms with van der Waals surface area (Å²) in [5.41, 5.74) is 6.07. The molecule has 2 fully saturated rings. The van der Waals surface area contributed by atoms with Crippen molar-refractivity contribution in [2.45, 2.75) is 56.4 Å². The van der Waals surface area contributed by atoms with Gasteiger partial charge in [0.2, 0.25) is 5.89 Å². The zero-order valence-electron chi connectivity index (χ0n) is 9.12. The Labute approximate surface area is 89.2 Å². The lowest BCUT2D eigenvalue weighted by Crippen LogP contribution is -2.44. The standard InChI is InChI=1S/C11H17N3O/c1-2-10(6-7-10)9-13-8(14-15-9)11(12)4-3-5-11/h2-7,12H2,1H3. The van der Waals surface area contributed by atoms with Crippen LogP contribution in [0.3, 0.4) is 0 Å². The van der Waals surface area contributed by atoms with Gasteiger partial charge in [-0.1, -0.05) is 12.1 Å². The molecule has 1 heterocycles. The van der Waals surface area contributed by atoms with Gasteiger partial charge in [-0.25, -0.2) is 0 Å². The van der Waals surface area contributed by atoms with Gasteiger partial charge in [0.25, 0.3) is 0 Å². The maximum absolute atomic E-state index is 6.16. The molecule has 1 aromatic rings. The van der Waals surface area contributed by atoms with Crippen LogP contribution in [-0.4, -0.2) is 10.1 Å². The van der Waals surface area contributed by atoms with Crippen LogP contribution in [0.4, 0.5) is 0 Å². The van der Waals surface area contributed by atoms with Gasteiger partial charge in [0, 0.05) is 5.41 Å². The van der Waals surface area contributed by atoms with E-state index in [0.29, 0.717) is 0 Å². The van der Waals surface area contributed by atoms with Crippen molar-refractivity contribution in [2.75, 3.05) is 0 Å². The second-order valence-electron chi connectivity index (χ2n) is 5.07. The van der Waals surface area contributed by atoms with Crippen molar-refractivity contribution in [3.05, 3.63) is 11.7 Å². The third kappa shape index (κ3) is 1.24. The average molecular weight is 207 g/mol. The van der Waals surface area contributed by atoms with E-state index in [1.807, 2.05) is 0 Å². The number of aromatic nitrogens is 2. The number of hydrogen-bond donors (Lipinski definition) is 1. The summed E-state index contributed by atoms with van der Waals surface area (Å²) in [5, 5.41) is 4.05. The smallest absolute Gasteiger partial charge is 0.232 e. The Kier molecular flexibility index (Phi) is 1.75. The summed E-state index contributed by atoms with van der Waals surface area (Å²) in [5.74, 6) is 1.54. The van der Waals surface area contributed by atoms with Crippen molar-refractivity contribution in [3.63, 3.8) is 0 Å². The fourth-order valence-corrected chi connectivity index (χ4v) is 2.29. The number of hydrogen-bond acceptors (Lipinski definition) is 4. The minimum absolute atomic E-state index is 0.200. The first-order valence-corrected chi connectivity index (χ1v) is 5.82. The van der Waals surface area contributed by atoms with Crippen LogP contribution in [0, 0.1) is 0 Å². The molecule has 2 aliphatic rings. The number of nitrogens with two attached hydrogens (primary N) is 1. The van der Waals surface area contributed by atoms with E-state index < -0.39 is 0 Å². The van der Waals surface area contributed by atoms with Crippen molar-refractivity contribution < 1.29 is 4.52 Å². The van der Waals surface area contributed by atoms with Crippen LogP contribution in [0.1, 0.15) is 57.2 Å². The summed E-state index contributed by atoms with van der Waals surface area (Å²) in [6, 6.07) is 0. The molecule has 1 aromatic heterocycles. The van der Waals surface area contributed by atoms with E-state index in [0.717, 1.165) is 31.0 Å². The van der Waals surface area contributed by atoms with Gasteiger partial charge >= 0.3 is 0 Å². The minimum Gasteiger partial charge on any atom is -0.339 e. The highest BCUT2D eigenvalue weighted by Crippen LogP contribution is 2.50. The number of rotatable bonds is 3. The van der Waals surface area contributed by atoms with Gasteiger partial charge in [0.15, 0.2) is 5.82 Å². The molecule has 0 spiro atoms. The Balaban J connectivity index is 1.88. The molecule has 0 amide bonds. The zero-order valence-corrected chi connectivity index (χ0v) is 9.12. The van der Waals surface area contributed by atoms with Crippen molar-refractivity contribution >= 4 is 0 Å². The lowest BCUT2D eigenvalue weighted by Gasteiger charge is -2.34. The Morgan fingerprint density at radius 3 is 2.53 bits per heavy atom. The fraction of sp³-hybridized carbons (Fsp3) is 0.818. The molecule has 0 atom stereocenters. The predicted octanol–water partition coefficient (Wildman–Crippen LogP) is 1.85. The topological polar surface area (TPSA) is 64.9 Å². The average Bonchev–Trinajstić information content (AvgIpc) is 2.85. The van der Waals surface area contributed by atoms with Crippen molar-refractivity contribution in [3.8, 4) is 0 Å². The maximum atomic E-state index is 6.16. The van der Waals surface area contributed by atoms with E-state index in [1.165, 1.54) is 19.3 Å². The highest BCUT2D eigenvalue weighted by molar-refractivity contribution is 5.17. The van der Waals surface area contributed by atoms with Crippen LogP contribution in [0.15, 0.2) is 4.52 Å². The van der Waals surface area contributed by atoms with E-state index in [4.69, 9.17) is 10.3 Å². The molecule has 4 nitrogen and oxygen atoms in total. The molecule has 4 heteroatoms. The molecule has 0 aliphatic heterocycles. The quantitative estimate of drug-likeness (QED) is 0.821. The maximum Gasteiger partial charge on any atom is 0.232 e. The molecule has 3 rings (SSSR count). The van der Waals surface area contributed by atoms with E-state index >= 15 is 0 Å². The monoisotopic (exact) mass is 207 g/mol. The molecule has 0 bridgehead atoms. The molecule has 0 aromatic carbocycles.